The van der Waals surface area contributed by atoms with Crippen molar-refractivity contribution in [1.29, 1.82) is 0 Å². The zero-order valence-electron chi connectivity index (χ0n) is 12.7. The number of fused-ring (bicyclic) bond motifs is 1. The van der Waals surface area contributed by atoms with Gasteiger partial charge in [0.15, 0.2) is 0 Å². The first kappa shape index (κ1) is 13.5. The van der Waals surface area contributed by atoms with Crippen LogP contribution in [0.4, 0.5) is 5.82 Å². The molecular formula is C14H19N7. The molecule has 0 aliphatic heterocycles. The summed E-state index contributed by atoms with van der Waals surface area (Å²) in [6, 6.07) is 0. The van der Waals surface area contributed by atoms with Crippen LogP contribution in [0, 0.1) is 0 Å². The van der Waals surface area contributed by atoms with E-state index in [0.717, 1.165) is 28.8 Å². The fourth-order valence-corrected chi connectivity index (χ4v) is 2.37. The summed E-state index contributed by atoms with van der Waals surface area (Å²) in [6.07, 6.45) is 5.43. The highest BCUT2D eigenvalue weighted by Gasteiger charge is 2.23. The lowest BCUT2D eigenvalue weighted by atomic mass is 10.1. The maximum Gasteiger partial charge on any atom is 0.146 e. The average Bonchev–Trinajstić information content (AvgIpc) is 3.02. The molecule has 0 spiro atoms. The molecule has 0 saturated carbocycles. The molecule has 3 rings (SSSR count). The second-order valence-electron chi connectivity index (χ2n) is 6.00. The van der Waals surface area contributed by atoms with Crippen LogP contribution >= 0.6 is 0 Å². The first-order valence-electron chi connectivity index (χ1n) is 6.94. The summed E-state index contributed by atoms with van der Waals surface area (Å²) < 4.78 is 3.89. The van der Waals surface area contributed by atoms with E-state index in [1.165, 1.54) is 6.33 Å². The topological polar surface area (TPSA) is 87.4 Å². The van der Waals surface area contributed by atoms with Gasteiger partial charge in [-0.25, -0.2) is 9.97 Å². The van der Waals surface area contributed by atoms with Crippen molar-refractivity contribution < 1.29 is 0 Å². The summed E-state index contributed by atoms with van der Waals surface area (Å²) in [5, 5.41) is 9.16. The van der Waals surface area contributed by atoms with Gasteiger partial charge in [0.2, 0.25) is 0 Å². The molecule has 3 heterocycles. The maximum absolute atomic E-state index is 6.07. The van der Waals surface area contributed by atoms with Gasteiger partial charge in [0.1, 0.15) is 23.5 Å². The molecule has 0 aliphatic carbocycles. The molecule has 0 unspecified atom stereocenters. The van der Waals surface area contributed by atoms with E-state index in [9.17, 15) is 0 Å². The van der Waals surface area contributed by atoms with E-state index in [1.54, 1.807) is 4.68 Å². The molecular weight excluding hydrogens is 266 g/mol. The second-order valence-corrected chi connectivity index (χ2v) is 6.00. The van der Waals surface area contributed by atoms with E-state index in [0.29, 0.717) is 5.82 Å². The number of anilines is 1. The van der Waals surface area contributed by atoms with Crippen molar-refractivity contribution in [3.05, 3.63) is 18.7 Å². The highest BCUT2D eigenvalue weighted by atomic mass is 15.4. The third-order valence-electron chi connectivity index (χ3n) is 3.47. The summed E-state index contributed by atoms with van der Waals surface area (Å²) in [4.78, 5) is 8.51. The molecule has 7 heteroatoms. The number of hydrogen-bond donors (Lipinski definition) is 1. The summed E-state index contributed by atoms with van der Waals surface area (Å²) in [5.41, 5.74) is 8.47. The van der Waals surface area contributed by atoms with Crippen LogP contribution in [0.2, 0.25) is 0 Å². The van der Waals surface area contributed by atoms with Gasteiger partial charge in [0.25, 0.3) is 0 Å². The summed E-state index contributed by atoms with van der Waals surface area (Å²) >= 11 is 0. The van der Waals surface area contributed by atoms with Gasteiger partial charge in [-0.05, 0) is 27.7 Å². The van der Waals surface area contributed by atoms with E-state index in [1.807, 2.05) is 19.3 Å². The molecule has 0 radical (unpaired) electrons. The zero-order valence-corrected chi connectivity index (χ0v) is 12.7. The first-order chi connectivity index (χ1) is 9.91. The number of nitrogen functional groups attached to an aromatic ring is 1. The van der Waals surface area contributed by atoms with E-state index >= 15 is 0 Å². The molecule has 0 bridgehead atoms. The Kier molecular flexibility index (Phi) is 2.93. The molecule has 7 nitrogen and oxygen atoms in total. The second kappa shape index (κ2) is 4.54. The highest BCUT2D eigenvalue weighted by molar-refractivity contribution is 5.99. The fourth-order valence-electron chi connectivity index (χ4n) is 2.37. The van der Waals surface area contributed by atoms with Crippen molar-refractivity contribution in [3.8, 4) is 11.3 Å². The van der Waals surface area contributed by atoms with Crippen LogP contribution in [-0.4, -0.2) is 29.5 Å². The number of hydrogen-bond acceptors (Lipinski definition) is 5. The molecule has 21 heavy (non-hydrogen) atoms. The van der Waals surface area contributed by atoms with Gasteiger partial charge in [-0.3, -0.25) is 4.68 Å². The Labute approximate surface area is 122 Å². The van der Waals surface area contributed by atoms with Crippen molar-refractivity contribution in [3.63, 3.8) is 0 Å². The standard InChI is InChI=1S/C14H19N7/c1-5-20-7-10(18-19-20)9-6-21(14(2,3)4)13-11(9)12(15)16-8-17-13/h6-8H,5H2,1-4H3,(H2,15,16,17). The lowest BCUT2D eigenvalue weighted by molar-refractivity contribution is 0.408. The van der Waals surface area contributed by atoms with E-state index in [-0.39, 0.29) is 5.54 Å². The van der Waals surface area contributed by atoms with E-state index in [2.05, 4.69) is 45.6 Å². The SMILES string of the molecule is CCn1cc(-c2cn(C(C)(C)C)c3ncnc(N)c23)nn1. The first-order valence-corrected chi connectivity index (χ1v) is 6.94. The molecule has 2 N–H and O–H groups in total. The summed E-state index contributed by atoms with van der Waals surface area (Å²) in [5.74, 6) is 0.462. The molecule has 0 aromatic carbocycles. The van der Waals surface area contributed by atoms with Crippen molar-refractivity contribution in [2.45, 2.75) is 39.8 Å². The average molecular weight is 285 g/mol. The smallest absolute Gasteiger partial charge is 0.146 e. The van der Waals surface area contributed by atoms with Crippen molar-refractivity contribution in [1.82, 2.24) is 29.5 Å². The monoisotopic (exact) mass is 285 g/mol. The van der Waals surface area contributed by atoms with Gasteiger partial charge in [0, 0.05) is 23.8 Å². The molecule has 3 aromatic heterocycles. The zero-order chi connectivity index (χ0) is 15.2. The normalized spacial score (nSPS) is 12.2. The number of rotatable bonds is 2. The minimum absolute atomic E-state index is 0.113. The van der Waals surface area contributed by atoms with Crippen LogP contribution < -0.4 is 5.73 Å². The van der Waals surface area contributed by atoms with Gasteiger partial charge in [-0.15, -0.1) is 5.10 Å². The van der Waals surface area contributed by atoms with Crippen molar-refractivity contribution >= 4 is 16.9 Å². The number of nitrogens with zero attached hydrogens (tertiary/aromatic N) is 6. The van der Waals surface area contributed by atoms with Gasteiger partial charge in [-0.2, -0.15) is 0 Å². The third kappa shape index (κ3) is 2.14. The van der Waals surface area contributed by atoms with Gasteiger partial charge in [-0.1, -0.05) is 5.21 Å². The van der Waals surface area contributed by atoms with Crippen LogP contribution in [0.25, 0.3) is 22.3 Å². The van der Waals surface area contributed by atoms with Crippen molar-refractivity contribution in [2.24, 2.45) is 0 Å². The summed E-state index contributed by atoms with van der Waals surface area (Å²) in [7, 11) is 0. The molecule has 110 valence electrons. The largest absolute Gasteiger partial charge is 0.383 e. The number of aryl methyl sites for hydroxylation is 1. The molecule has 0 saturated heterocycles. The predicted octanol–water partition coefficient (Wildman–Crippen LogP) is 2.05. The summed E-state index contributed by atoms with van der Waals surface area (Å²) in [6.45, 7) is 9.16. The molecule has 0 aliphatic rings. The maximum atomic E-state index is 6.07. The molecule has 0 fully saturated rings. The van der Waals surface area contributed by atoms with Crippen LogP contribution in [0.1, 0.15) is 27.7 Å². The minimum atomic E-state index is -0.113. The van der Waals surface area contributed by atoms with Crippen LogP contribution in [-0.2, 0) is 12.1 Å². The predicted molar refractivity (Wildman–Crippen MR) is 81.6 cm³/mol. The number of nitrogens with two attached hydrogens (primary N) is 1. The minimum Gasteiger partial charge on any atom is -0.383 e. The lowest BCUT2D eigenvalue weighted by Gasteiger charge is -2.21. The Morgan fingerprint density at radius 1 is 1.19 bits per heavy atom. The van der Waals surface area contributed by atoms with Crippen molar-refractivity contribution in [2.75, 3.05) is 5.73 Å². The molecule has 3 aromatic rings. The third-order valence-corrected chi connectivity index (χ3v) is 3.47. The fraction of sp³-hybridized carbons (Fsp3) is 0.429. The van der Waals surface area contributed by atoms with Crippen LogP contribution in [0.5, 0.6) is 0 Å². The Morgan fingerprint density at radius 3 is 2.57 bits per heavy atom. The molecule has 0 atom stereocenters. The lowest BCUT2D eigenvalue weighted by Crippen LogP contribution is -2.21. The van der Waals surface area contributed by atoms with Gasteiger partial charge >= 0.3 is 0 Å². The van der Waals surface area contributed by atoms with Gasteiger partial charge in [0.05, 0.1) is 11.6 Å². The number of aromatic nitrogens is 6. The Bertz CT molecular complexity index is 791. The Balaban J connectivity index is 2.32. The Hall–Kier alpha value is -2.44. The Morgan fingerprint density at radius 2 is 1.95 bits per heavy atom. The highest BCUT2D eigenvalue weighted by Crippen LogP contribution is 2.34. The quantitative estimate of drug-likeness (QED) is 0.778. The van der Waals surface area contributed by atoms with E-state index < -0.39 is 0 Å². The van der Waals surface area contributed by atoms with Crippen LogP contribution in [0.3, 0.4) is 0 Å². The van der Waals surface area contributed by atoms with E-state index in [4.69, 9.17) is 5.73 Å². The van der Waals surface area contributed by atoms with Gasteiger partial charge < -0.3 is 10.3 Å². The molecule has 0 amide bonds. The van der Waals surface area contributed by atoms with Crippen LogP contribution in [0.15, 0.2) is 18.7 Å².